The highest BCUT2D eigenvalue weighted by Crippen LogP contribution is 2.29. The lowest BCUT2D eigenvalue weighted by Gasteiger charge is -2.27. The van der Waals surface area contributed by atoms with Crippen LogP contribution in [-0.4, -0.2) is 67.6 Å². The van der Waals surface area contributed by atoms with Crippen LogP contribution in [0, 0.1) is 0 Å². The van der Waals surface area contributed by atoms with Gasteiger partial charge in [-0.3, -0.25) is 9.59 Å². The molecule has 2 amide bonds. The summed E-state index contributed by atoms with van der Waals surface area (Å²) in [5.74, 6) is 0.828. The third-order valence-electron chi connectivity index (χ3n) is 6.37. The fourth-order valence-electron chi connectivity index (χ4n) is 4.57. The molecule has 1 aromatic carbocycles. The predicted octanol–water partition coefficient (Wildman–Crippen LogP) is 2.96. The summed E-state index contributed by atoms with van der Waals surface area (Å²) in [4.78, 5) is 30.1. The zero-order valence-electron chi connectivity index (χ0n) is 18.2. The molecule has 0 bridgehead atoms. The van der Waals surface area contributed by atoms with E-state index in [2.05, 4.69) is 10.2 Å². The summed E-state index contributed by atoms with van der Waals surface area (Å²) >= 11 is 1.44. The van der Waals surface area contributed by atoms with Gasteiger partial charge in [0.15, 0.2) is 5.82 Å². The van der Waals surface area contributed by atoms with Gasteiger partial charge in [0.1, 0.15) is 5.01 Å². The number of benzene rings is 1. The first-order valence-corrected chi connectivity index (χ1v) is 12.4. The van der Waals surface area contributed by atoms with Crippen LogP contribution in [0.5, 0.6) is 0 Å². The van der Waals surface area contributed by atoms with E-state index in [1.165, 1.54) is 24.2 Å². The number of likely N-dealkylation sites (tertiary alicyclic amines) is 2. The van der Waals surface area contributed by atoms with Crippen molar-refractivity contribution in [1.29, 1.82) is 0 Å². The molecule has 9 heteroatoms. The molecule has 0 N–H and O–H groups in total. The van der Waals surface area contributed by atoms with E-state index in [0.717, 1.165) is 68.0 Å². The number of amides is 2. The molecule has 0 spiro atoms. The van der Waals surface area contributed by atoms with Gasteiger partial charge in [0, 0.05) is 31.7 Å². The fraction of sp³-hybridized carbons (Fsp3) is 0.522. The minimum Gasteiger partial charge on any atom is -0.342 e. The number of piperidine rings is 2. The van der Waals surface area contributed by atoms with Gasteiger partial charge in [-0.15, -0.1) is 10.2 Å². The Labute approximate surface area is 191 Å². The van der Waals surface area contributed by atoms with Gasteiger partial charge in [-0.25, -0.2) is 0 Å². The number of aromatic nitrogens is 4. The zero-order chi connectivity index (χ0) is 21.9. The van der Waals surface area contributed by atoms with Gasteiger partial charge in [-0.05, 0) is 44.1 Å². The molecule has 2 fully saturated rings. The van der Waals surface area contributed by atoms with Crippen molar-refractivity contribution in [3.8, 4) is 10.6 Å². The molecule has 0 aliphatic carbocycles. The molecule has 4 heterocycles. The maximum atomic E-state index is 12.8. The average Bonchev–Trinajstić information content (AvgIpc) is 3.42. The van der Waals surface area contributed by atoms with Crippen LogP contribution in [0.3, 0.4) is 0 Å². The highest BCUT2D eigenvalue weighted by atomic mass is 32.1. The molecule has 0 saturated carbocycles. The van der Waals surface area contributed by atoms with Gasteiger partial charge >= 0.3 is 0 Å². The molecule has 3 aromatic rings. The third-order valence-corrected chi connectivity index (χ3v) is 7.30. The molecular formula is C23H28N6O2S. The summed E-state index contributed by atoms with van der Waals surface area (Å²) in [7, 11) is 0. The lowest BCUT2D eigenvalue weighted by molar-refractivity contribution is -0.132. The number of rotatable bonds is 5. The maximum absolute atomic E-state index is 12.8. The van der Waals surface area contributed by atoms with E-state index in [-0.39, 0.29) is 18.2 Å². The Bertz CT molecular complexity index is 1110. The van der Waals surface area contributed by atoms with E-state index < -0.39 is 0 Å². The third kappa shape index (κ3) is 4.39. The zero-order valence-corrected chi connectivity index (χ0v) is 19.0. The van der Waals surface area contributed by atoms with Gasteiger partial charge in [-0.1, -0.05) is 35.6 Å². The SMILES string of the molecule is O=C(Cc1ccccc1-c1nn2c(CC(=O)N3CCCCC3)nnc2s1)N1CCCCC1. The van der Waals surface area contributed by atoms with E-state index >= 15 is 0 Å². The number of carbonyl (C=O) groups excluding carboxylic acids is 2. The van der Waals surface area contributed by atoms with Gasteiger partial charge < -0.3 is 9.80 Å². The Morgan fingerprint density at radius 1 is 0.812 bits per heavy atom. The van der Waals surface area contributed by atoms with Gasteiger partial charge in [-0.2, -0.15) is 9.61 Å². The molecule has 2 aromatic heterocycles. The first kappa shape index (κ1) is 21.1. The van der Waals surface area contributed by atoms with E-state index in [1.807, 2.05) is 34.1 Å². The van der Waals surface area contributed by atoms with E-state index in [0.29, 0.717) is 17.2 Å². The Kier molecular flexibility index (Phi) is 6.16. The minimum atomic E-state index is 0.0843. The summed E-state index contributed by atoms with van der Waals surface area (Å²) in [6.07, 6.45) is 7.27. The van der Waals surface area contributed by atoms with Crippen molar-refractivity contribution in [1.82, 2.24) is 29.6 Å². The van der Waals surface area contributed by atoms with Crippen LogP contribution in [0.2, 0.25) is 0 Å². The average molecular weight is 453 g/mol. The highest BCUT2D eigenvalue weighted by Gasteiger charge is 2.23. The molecule has 0 unspecified atom stereocenters. The van der Waals surface area contributed by atoms with Crippen molar-refractivity contribution in [3.05, 3.63) is 35.7 Å². The smallest absolute Gasteiger partial charge is 0.234 e. The largest absolute Gasteiger partial charge is 0.342 e. The second-order valence-electron chi connectivity index (χ2n) is 8.61. The van der Waals surface area contributed by atoms with Crippen LogP contribution in [0.15, 0.2) is 24.3 Å². The number of nitrogens with zero attached hydrogens (tertiary/aromatic N) is 6. The quantitative estimate of drug-likeness (QED) is 0.594. The van der Waals surface area contributed by atoms with Gasteiger partial charge in [0.25, 0.3) is 0 Å². The van der Waals surface area contributed by atoms with Gasteiger partial charge in [0.05, 0.1) is 12.8 Å². The molecule has 2 aliphatic heterocycles. The van der Waals surface area contributed by atoms with Crippen LogP contribution >= 0.6 is 11.3 Å². The molecule has 0 atom stereocenters. The van der Waals surface area contributed by atoms with Crippen molar-refractivity contribution in [2.24, 2.45) is 0 Å². The molecule has 168 valence electrons. The van der Waals surface area contributed by atoms with Crippen LogP contribution in [0.4, 0.5) is 0 Å². The summed E-state index contributed by atoms with van der Waals surface area (Å²) in [5.41, 5.74) is 1.92. The second-order valence-corrected chi connectivity index (χ2v) is 9.57. The summed E-state index contributed by atoms with van der Waals surface area (Å²) in [6.45, 7) is 3.35. The first-order valence-electron chi connectivity index (χ1n) is 11.5. The van der Waals surface area contributed by atoms with Crippen molar-refractivity contribution in [3.63, 3.8) is 0 Å². The van der Waals surface area contributed by atoms with E-state index in [4.69, 9.17) is 5.10 Å². The second kappa shape index (κ2) is 9.36. The number of hydrogen-bond donors (Lipinski definition) is 0. The van der Waals surface area contributed by atoms with Crippen molar-refractivity contribution in [2.45, 2.75) is 51.4 Å². The molecule has 8 nitrogen and oxygen atoms in total. The summed E-state index contributed by atoms with van der Waals surface area (Å²) < 4.78 is 1.69. The normalized spacial score (nSPS) is 17.1. The Morgan fingerprint density at radius 3 is 2.12 bits per heavy atom. The van der Waals surface area contributed by atoms with Crippen LogP contribution in [0.1, 0.15) is 49.9 Å². The first-order chi connectivity index (χ1) is 15.7. The monoisotopic (exact) mass is 452 g/mol. The molecular weight excluding hydrogens is 424 g/mol. The highest BCUT2D eigenvalue weighted by molar-refractivity contribution is 7.19. The minimum absolute atomic E-state index is 0.0843. The Hall–Kier alpha value is -2.81. The molecule has 2 saturated heterocycles. The maximum Gasteiger partial charge on any atom is 0.234 e. The van der Waals surface area contributed by atoms with Crippen molar-refractivity contribution in [2.75, 3.05) is 26.2 Å². The van der Waals surface area contributed by atoms with Gasteiger partial charge in [0.2, 0.25) is 16.8 Å². The fourth-order valence-corrected chi connectivity index (χ4v) is 5.49. The predicted molar refractivity (Wildman–Crippen MR) is 122 cm³/mol. The number of fused-ring (bicyclic) bond motifs is 1. The van der Waals surface area contributed by atoms with Crippen LogP contribution < -0.4 is 0 Å². The summed E-state index contributed by atoms with van der Waals surface area (Å²) in [5, 5.41) is 14.0. The lowest BCUT2D eigenvalue weighted by Crippen LogP contribution is -2.37. The lowest BCUT2D eigenvalue weighted by atomic mass is 10.0. The molecule has 32 heavy (non-hydrogen) atoms. The van der Waals surface area contributed by atoms with Crippen LogP contribution in [-0.2, 0) is 22.4 Å². The Balaban J connectivity index is 1.36. The standard InChI is InChI=1S/C23H28N6O2S/c30-20(27-11-5-1-6-12-27)15-17-9-3-4-10-18(17)22-26-29-19(24-25-23(29)32-22)16-21(31)28-13-7-2-8-14-28/h3-4,9-10H,1-2,5-8,11-16H2. The molecule has 2 aliphatic rings. The van der Waals surface area contributed by atoms with Crippen LogP contribution in [0.25, 0.3) is 15.5 Å². The molecule has 0 radical (unpaired) electrons. The van der Waals surface area contributed by atoms with E-state index in [1.54, 1.807) is 4.52 Å². The Morgan fingerprint density at radius 2 is 1.44 bits per heavy atom. The number of hydrogen-bond acceptors (Lipinski definition) is 6. The summed E-state index contributed by atoms with van der Waals surface area (Å²) in [6, 6.07) is 7.93. The topological polar surface area (TPSA) is 83.7 Å². The molecule has 5 rings (SSSR count). The van der Waals surface area contributed by atoms with Crippen molar-refractivity contribution >= 4 is 28.1 Å². The van der Waals surface area contributed by atoms with Crippen molar-refractivity contribution < 1.29 is 9.59 Å². The number of carbonyl (C=O) groups is 2. The van der Waals surface area contributed by atoms with E-state index in [9.17, 15) is 9.59 Å².